The summed E-state index contributed by atoms with van der Waals surface area (Å²) in [7, 11) is 0. The number of aryl methyl sites for hydroxylation is 1. The minimum Gasteiger partial charge on any atom is -0.429 e. The molecular weight excluding hydrogens is 623 g/mol. The Morgan fingerprint density at radius 1 is 0.609 bits per heavy atom. The van der Waals surface area contributed by atoms with E-state index < -0.39 is 74.8 Å². The predicted octanol–water partition coefficient (Wildman–Crippen LogP) is 10.3. The molecule has 5 rings (SSSR count). The van der Waals surface area contributed by atoms with Crippen molar-refractivity contribution < 1.29 is 44.3 Å². The third-order valence-electron chi connectivity index (χ3n) is 7.12. The zero-order chi connectivity index (χ0) is 33.2. The van der Waals surface area contributed by atoms with Crippen molar-refractivity contribution in [1.29, 1.82) is 0 Å². The number of nitrogens with zero attached hydrogens (tertiary/aromatic N) is 2. The number of aromatic nitrogens is 2. The highest BCUT2D eigenvalue weighted by molar-refractivity contribution is 5.69. The molecule has 238 valence electrons. The molecule has 0 saturated heterocycles. The van der Waals surface area contributed by atoms with Gasteiger partial charge in [-0.1, -0.05) is 38.0 Å². The van der Waals surface area contributed by atoms with Crippen molar-refractivity contribution in [1.82, 2.24) is 9.97 Å². The Labute approximate surface area is 257 Å². The highest BCUT2D eigenvalue weighted by Crippen LogP contribution is 2.39. The first-order valence-electron chi connectivity index (χ1n) is 14.0. The van der Waals surface area contributed by atoms with Crippen LogP contribution in [0.1, 0.15) is 37.3 Å². The lowest BCUT2D eigenvalue weighted by Crippen LogP contribution is -2.25. The Kier molecular flexibility index (Phi) is 9.36. The highest BCUT2D eigenvalue weighted by Gasteiger charge is 2.41. The summed E-state index contributed by atoms with van der Waals surface area (Å²) in [5.41, 5.74) is -2.77. The van der Waals surface area contributed by atoms with E-state index in [9.17, 15) is 35.1 Å². The molecule has 0 saturated carbocycles. The fourth-order valence-corrected chi connectivity index (χ4v) is 4.84. The molecule has 0 atom stereocenters. The first kappa shape index (κ1) is 32.5. The molecule has 0 bridgehead atoms. The monoisotopic (exact) mass is 646 g/mol. The van der Waals surface area contributed by atoms with Crippen molar-refractivity contribution >= 4 is 0 Å². The predicted molar refractivity (Wildman–Crippen MR) is 152 cm³/mol. The molecule has 4 aromatic carbocycles. The van der Waals surface area contributed by atoms with Gasteiger partial charge < -0.3 is 4.74 Å². The molecular formula is C34H23F9N2O. The fourth-order valence-electron chi connectivity index (χ4n) is 4.84. The molecule has 1 heterocycles. The topological polar surface area (TPSA) is 35.0 Å². The van der Waals surface area contributed by atoms with Crippen LogP contribution in [0.15, 0.2) is 73.1 Å². The second-order valence-electron chi connectivity index (χ2n) is 10.4. The van der Waals surface area contributed by atoms with Gasteiger partial charge in [-0.2, -0.15) is 8.78 Å². The van der Waals surface area contributed by atoms with Gasteiger partial charge >= 0.3 is 6.11 Å². The molecule has 12 heteroatoms. The maximum Gasteiger partial charge on any atom is 0.432 e. The molecule has 0 radical (unpaired) electrons. The number of rotatable bonds is 10. The number of halogens is 9. The van der Waals surface area contributed by atoms with Gasteiger partial charge in [0.1, 0.15) is 40.4 Å². The first-order chi connectivity index (χ1) is 21.9. The second kappa shape index (κ2) is 13.2. The third-order valence-corrected chi connectivity index (χ3v) is 7.12. The number of hydrogen-bond acceptors (Lipinski definition) is 3. The maximum absolute atomic E-state index is 15.1. The molecule has 46 heavy (non-hydrogen) atoms. The number of unbranched alkanes of at least 4 members (excludes halogenated alkanes) is 2. The number of benzene rings is 4. The first-order valence-corrected chi connectivity index (χ1v) is 14.0. The normalized spacial score (nSPS) is 11.6. The van der Waals surface area contributed by atoms with E-state index in [1.165, 1.54) is 12.1 Å². The standard InChI is InChI=1S/C34H23F9N2O/c1-2-3-4-5-18-16-44-33(45-17-18)20-6-8-23(25(36)11-20)21-12-29(40)32(30(41)13-21)34(42,43)46-22-14-27(38)31(28(39)15-22)19-7-9-24(35)26(37)10-19/h6-17H,2-5H2,1H3. The SMILES string of the molecule is CCCCCc1cnc(-c2ccc(-c3cc(F)c(C(F)(F)Oc4cc(F)c(-c5ccc(F)c(F)c5)c(F)c4)c(F)c3)c(F)c2)nc1. The third kappa shape index (κ3) is 6.85. The van der Waals surface area contributed by atoms with Gasteiger partial charge in [0.05, 0.1) is 5.56 Å². The van der Waals surface area contributed by atoms with Gasteiger partial charge in [-0.05, 0) is 59.9 Å². The van der Waals surface area contributed by atoms with Crippen molar-refractivity contribution in [2.75, 3.05) is 0 Å². The summed E-state index contributed by atoms with van der Waals surface area (Å²) in [5.74, 6) is -11.2. The minimum atomic E-state index is -4.79. The molecule has 3 nitrogen and oxygen atoms in total. The highest BCUT2D eigenvalue weighted by atomic mass is 19.3. The van der Waals surface area contributed by atoms with E-state index in [2.05, 4.69) is 21.6 Å². The van der Waals surface area contributed by atoms with Crippen LogP contribution in [0.4, 0.5) is 39.5 Å². The van der Waals surface area contributed by atoms with Crippen molar-refractivity contribution in [2.45, 2.75) is 38.7 Å². The van der Waals surface area contributed by atoms with Gasteiger partial charge in [-0.15, -0.1) is 0 Å². The van der Waals surface area contributed by atoms with Crippen LogP contribution in [0.3, 0.4) is 0 Å². The molecule has 0 fully saturated rings. The van der Waals surface area contributed by atoms with Crippen LogP contribution in [-0.2, 0) is 12.5 Å². The van der Waals surface area contributed by atoms with E-state index in [4.69, 9.17) is 0 Å². The lowest BCUT2D eigenvalue weighted by atomic mass is 10.00. The Balaban J connectivity index is 1.38. The smallest absolute Gasteiger partial charge is 0.429 e. The lowest BCUT2D eigenvalue weighted by molar-refractivity contribution is -0.189. The van der Waals surface area contributed by atoms with Gasteiger partial charge in [0.2, 0.25) is 0 Å². The van der Waals surface area contributed by atoms with E-state index in [1.807, 2.05) is 0 Å². The minimum absolute atomic E-state index is 0.208. The summed E-state index contributed by atoms with van der Waals surface area (Å²) >= 11 is 0. The number of hydrogen-bond donors (Lipinski definition) is 0. The summed E-state index contributed by atoms with van der Waals surface area (Å²) in [5, 5.41) is 0. The van der Waals surface area contributed by atoms with Crippen LogP contribution < -0.4 is 4.74 Å². The molecule has 0 spiro atoms. The Hall–Kier alpha value is -4.87. The number of alkyl halides is 2. The lowest BCUT2D eigenvalue weighted by Gasteiger charge is -2.20. The van der Waals surface area contributed by atoms with Crippen LogP contribution in [-0.4, -0.2) is 9.97 Å². The zero-order valence-electron chi connectivity index (χ0n) is 24.0. The van der Waals surface area contributed by atoms with Gasteiger partial charge in [0, 0.05) is 35.7 Å². The molecule has 0 aliphatic rings. The maximum atomic E-state index is 15.1. The summed E-state index contributed by atoms with van der Waals surface area (Å²) in [6.07, 6.45) is 2.33. The van der Waals surface area contributed by atoms with E-state index in [1.54, 1.807) is 12.4 Å². The Morgan fingerprint density at radius 3 is 1.78 bits per heavy atom. The van der Waals surface area contributed by atoms with Crippen LogP contribution in [0.2, 0.25) is 0 Å². The average molecular weight is 647 g/mol. The Bertz CT molecular complexity index is 1850. The molecule has 0 unspecified atom stereocenters. The van der Waals surface area contributed by atoms with Crippen molar-refractivity contribution in [3.8, 4) is 39.4 Å². The van der Waals surface area contributed by atoms with Gasteiger partial charge in [-0.25, -0.2) is 40.7 Å². The Morgan fingerprint density at radius 2 is 1.20 bits per heavy atom. The number of ether oxygens (including phenoxy) is 1. The summed E-state index contributed by atoms with van der Waals surface area (Å²) in [6, 6.07) is 7.09. The molecule has 5 aromatic rings. The van der Waals surface area contributed by atoms with Crippen LogP contribution in [0, 0.1) is 40.7 Å². The summed E-state index contributed by atoms with van der Waals surface area (Å²) < 4.78 is 135. The molecule has 0 amide bonds. The molecule has 1 aromatic heterocycles. The van der Waals surface area contributed by atoms with E-state index in [-0.39, 0.29) is 17.0 Å². The van der Waals surface area contributed by atoms with Gasteiger partial charge in [-0.3, -0.25) is 0 Å². The van der Waals surface area contributed by atoms with E-state index >= 15 is 4.39 Å². The van der Waals surface area contributed by atoms with E-state index in [0.29, 0.717) is 36.4 Å². The average Bonchev–Trinajstić information content (AvgIpc) is 2.98. The van der Waals surface area contributed by atoms with Crippen molar-refractivity contribution in [3.63, 3.8) is 0 Å². The zero-order valence-corrected chi connectivity index (χ0v) is 24.0. The van der Waals surface area contributed by atoms with Crippen LogP contribution in [0.25, 0.3) is 33.6 Å². The molecule has 0 aliphatic carbocycles. The largest absolute Gasteiger partial charge is 0.432 e. The fraction of sp³-hybridized carbons (Fsp3) is 0.176. The summed E-state index contributed by atoms with van der Waals surface area (Å²) in [4.78, 5) is 8.48. The molecule has 0 aliphatic heterocycles. The van der Waals surface area contributed by atoms with Crippen molar-refractivity contribution in [3.05, 3.63) is 125 Å². The second-order valence-corrected chi connectivity index (χ2v) is 10.4. The molecule has 0 N–H and O–H groups in total. The summed E-state index contributed by atoms with van der Waals surface area (Å²) in [6.45, 7) is 2.08. The van der Waals surface area contributed by atoms with Crippen molar-refractivity contribution in [2.24, 2.45) is 0 Å². The van der Waals surface area contributed by atoms with Crippen LogP contribution >= 0.6 is 0 Å². The van der Waals surface area contributed by atoms with Gasteiger partial charge in [0.25, 0.3) is 0 Å². The van der Waals surface area contributed by atoms with Gasteiger partial charge in [0.15, 0.2) is 17.5 Å². The van der Waals surface area contributed by atoms with Crippen LogP contribution in [0.5, 0.6) is 5.75 Å². The van der Waals surface area contributed by atoms with E-state index in [0.717, 1.165) is 43.4 Å². The quantitative estimate of drug-likeness (QED) is 0.112.